The number of amides is 1. The topological polar surface area (TPSA) is 141 Å². The van der Waals surface area contributed by atoms with Crippen LogP contribution in [0.15, 0.2) is 87.5 Å². The Morgan fingerprint density at radius 2 is 1.07 bits per heavy atom. The summed E-state index contributed by atoms with van der Waals surface area (Å²) in [6.07, 6.45) is 5.05. The van der Waals surface area contributed by atoms with Crippen LogP contribution in [0.3, 0.4) is 0 Å². The van der Waals surface area contributed by atoms with E-state index in [-0.39, 0.29) is 26.9 Å². The van der Waals surface area contributed by atoms with Crippen LogP contribution in [0, 0.1) is 5.82 Å². The third kappa shape index (κ3) is 7.83. The minimum absolute atomic E-state index is 0.0260. The normalized spacial score (nSPS) is 17.2. The Labute approximate surface area is 270 Å². The maximum absolute atomic E-state index is 13.8. The molecule has 248 valence electrons. The summed E-state index contributed by atoms with van der Waals surface area (Å²) in [7, 11) is -11.8. The molecule has 5 rings (SSSR count). The SMILES string of the molecule is O=C(CN(Cc1ccc(F)cc1)S(=O)(=O)c1ccc(S(=O)(=O)N2CCCCC2)cc1)Nc1ccc(S(=O)(=O)N2CCCCC2)cc1. The molecule has 11 nitrogen and oxygen atoms in total. The minimum atomic E-state index is -4.34. The molecule has 1 N–H and O–H groups in total. The van der Waals surface area contributed by atoms with Gasteiger partial charge in [-0.2, -0.15) is 12.9 Å². The van der Waals surface area contributed by atoms with Crippen molar-refractivity contribution in [1.29, 1.82) is 0 Å². The molecule has 3 aromatic rings. The van der Waals surface area contributed by atoms with E-state index >= 15 is 0 Å². The average molecular weight is 693 g/mol. The van der Waals surface area contributed by atoms with Gasteiger partial charge in [-0.1, -0.05) is 25.0 Å². The van der Waals surface area contributed by atoms with Gasteiger partial charge in [0.05, 0.1) is 21.2 Å². The zero-order valence-electron chi connectivity index (χ0n) is 25.2. The predicted octanol–water partition coefficient (Wildman–Crippen LogP) is 4.00. The van der Waals surface area contributed by atoms with Crippen LogP contribution in [0.25, 0.3) is 0 Å². The highest BCUT2D eigenvalue weighted by Crippen LogP contribution is 2.25. The number of carbonyl (C=O) groups excluding carboxylic acids is 1. The molecule has 2 aliphatic heterocycles. The first-order valence-electron chi connectivity index (χ1n) is 15.1. The minimum Gasteiger partial charge on any atom is -0.325 e. The molecule has 46 heavy (non-hydrogen) atoms. The van der Waals surface area contributed by atoms with E-state index in [4.69, 9.17) is 0 Å². The molecule has 0 radical (unpaired) electrons. The van der Waals surface area contributed by atoms with Gasteiger partial charge in [-0.3, -0.25) is 4.79 Å². The molecule has 15 heteroatoms. The summed E-state index contributed by atoms with van der Waals surface area (Å²) < 4.78 is 97.0. The number of benzene rings is 3. The Balaban J connectivity index is 1.34. The molecular formula is C31H37FN4O7S3. The van der Waals surface area contributed by atoms with Gasteiger partial charge < -0.3 is 5.32 Å². The summed E-state index contributed by atoms with van der Waals surface area (Å²) in [5.41, 5.74) is 0.698. The number of sulfonamides is 3. The van der Waals surface area contributed by atoms with Crippen LogP contribution in [0.2, 0.25) is 0 Å². The Kier molecular flexibility index (Phi) is 10.6. The smallest absolute Gasteiger partial charge is 0.243 e. The highest BCUT2D eigenvalue weighted by molar-refractivity contribution is 7.89. The number of piperidine rings is 2. The molecule has 0 saturated carbocycles. The predicted molar refractivity (Wildman–Crippen MR) is 171 cm³/mol. The van der Waals surface area contributed by atoms with Gasteiger partial charge in [0.15, 0.2) is 0 Å². The van der Waals surface area contributed by atoms with Crippen LogP contribution in [-0.2, 0) is 41.4 Å². The fourth-order valence-corrected chi connectivity index (χ4v) is 9.95. The van der Waals surface area contributed by atoms with Crippen molar-refractivity contribution in [3.63, 3.8) is 0 Å². The quantitative estimate of drug-likeness (QED) is 0.320. The molecule has 2 aliphatic rings. The second-order valence-electron chi connectivity index (χ2n) is 11.4. The van der Waals surface area contributed by atoms with Gasteiger partial charge in [-0.25, -0.2) is 29.6 Å². The van der Waals surface area contributed by atoms with E-state index in [0.29, 0.717) is 31.7 Å². The number of nitrogens with zero attached hydrogens (tertiary/aromatic N) is 3. The van der Waals surface area contributed by atoms with Crippen molar-refractivity contribution in [1.82, 2.24) is 12.9 Å². The van der Waals surface area contributed by atoms with Crippen molar-refractivity contribution in [3.05, 3.63) is 84.2 Å². The Bertz CT molecular complexity index is 1840. The summed E-state index contributed by atoms with van der Waals surface area (Å²) in [6.45, 7) is 0.824. The van der Waals surface area contributed by atoms with E-state index in [9.17, 15) is 34.4 Å². The molecular weight excluding hydrogens is 656 g/mol. The van der Waals surface area contributed by atoms with E-state index in [1.54, 1.807) is 0 Å². The zero-order valence-corrected chi connectivity index (χ0v) is 27.7. The molecule has 0 aliphatic carbocycles. The van der Waals surface area contributed by atoms with Gasteiger partial charge in [0.2, 0.25) is 36.0 Å². The Morgan fingerprint density at radius 3 is 1.54 bits per heavy atom. The van der Waals surface area contributed by atoms with Crippen molar-refractivity contribution in [3.8, 4) is 0 Å². The number of rotatable bonds is 11. The molecule has 0 bridgehead atoms. The number of hydrogen-bond acceptors (Lipinski definition) is 7. The van der Waals surface area contributed by atoms with E-state index in [0.717, 1.165) is 42.8 Å². The van der Waals surface area contributed by atoms with Crippen LogP contribution in [0.5, 0.6) is 0 Å². The maximum Gasteiger partial charge on any atom is 0.243 e. The van der Waals surface area contributed by atoms with Crippen molar-refractivity contribution in [2.24, 2.45) is 0 Å². The second-order valence-corrected chi connectivity index (χ2v) is 17.2. The van der Waals surface area contributed by atoms with Crippen LogP contribution in [0.1, 0.15) is 44.1 Å². The highest BCUT2D eigenvalue weighted by atomic mass is 32.2. The average Bonchev–Trinajstić information content (AvgIpc) is 3.06. The molecule has 0 atom stereocenters. The van der Waals surface area contributed by atoms with E-state index in [2.05, 4.69) is 5.32 Å². The number of nitrogens with one attached hydrogen (secondary N) is 1. The number of carbonyl (C=O) groups is 1. The third-order valence-electron chi connectivity index (χ3n) is 8.10. The summed E-state index contributed by atoms with van der Waals surface area (Å²) in [5, 5.41) is 2.62. The Hall–Kier alpha value is -3.21. The highest BCUT2D eigenvalue weighted by Gasteiger charge is 2.30. The first-order valence-corrected chi connectivity index (χ1v) is 19.4. The van der Waals surface area contributed by atoms with Crippen molar-refractivity contribution >= 4 is 41.7 Å². The molecule has 3 aromatic carbocycles. The number of halogens is 1. The van der Waals surface area contributed by atoms with E-state index in [1.165, 1.54) is 81.4 Å². The molecule has 2 saturated heterocycles. The van der Waals surface area contributed by atoms with Crippen LogP contribution in [0.4, 0.5) is 10.1 Å². The summed E-state index contributed by atoms with van der Waals surface area (Å²) in [6, 6.07) is 15.7. The standard InChI is InChI=1S/C31H37FN4O7S3/c32-26-9-7-25(8-10-26)23-36(46(42,43)30-17-15-29(16-18-30)45(40,41)35-21-5-2-6-22-35)24-31(37)33-27-11-13-28(14-12-27)44(38,39)34-19-3-1-4-20-34/h7-18H,1-6,19-24H2,(H,33,37). The van der Waals surface area contributed by atoms with Crippen molar-refractivity contribution in [2.75, 3.05) is 38.0 Å². The lowest BCUT2D eigenvalue weighted by Gasteiger charge is -2.26. The van der Waals surface area contributed by atoms with Gasteiger partial charge in [-0.05, 0) is 91.9 Å². The third-order valence-corrected chi connectivity index (χ3v) is 13.7. The fraction of sp³-hybridized carbons (Fsp3) is 0.387. The number of anilines is 1. The summed E-state index contributed by atoms with van der Waals surface area (Å²) >= 11 is 0. The lowest BCUT2D eigenvalue weighted by molar-refractivity contribution is -0.116. The zero-order chi connectivity index (χ0) is 33.0. The van der Waals surface area contributed by atoms with Crippen LogP contribution in [-0.4, -0.2) is 76.8 Å². The monoisotopic (exact) mass is 692 g/mol. The summed E-state index contributed by atoms with van der Waals surface area (Å²) in [4.78, 5) is 13.0. The van der Waals surface area contributed by atoms with Crippen molar-refractivity contribution < 1.29 is 34.4 Å². The maximum atomic E-state index is 13.8. The number of hydrogen-bond donors (Lipinski definition) is 1. The lowest BCUT2D eigenvalue weighted by atomic mass is 10.2. The molecule has 0 aromatic heterocycles. The molecule has 0 spiro atoms. The van der Waals surface area contributed by atoms with Gasteiger partial charge in [-0.15, -0.1) is 0 Å². The first-order chi connectivity index (χ1) is 21.9. The first kappa shape index (κ1) is 34.1. The van der Waals surface area contributed by atoms with E-state index < -0.39 is 48.3 Å². The summed E-state index contributed by atoms with van der Waals surface area (Å²) in [5.74, 6) is -1.20. The largest absolute Gasteiger partial charge is 0.325 e. The van der Waals surface area contributed by atoms with Gasteiger partial charge in [0, 0.05) is 38.4 Å². The molecule has 0 unspecified atom stereocenters. The van der Waals surface area contributed by atoms with Gasteiger partial charge in [0.25, 0.3) is 0 Å². The molecule has 1 amide bonds. The fourth-order valence-electron chi connectivity index (χ4n) is 5.53. The molecule has 2 heterocycles. The lowest BCUT2D eigenvalue weighted by Crippen LogP contribution is -2.38. The Morgan fingerprint density at radius 1 is 0.630 bits per heavy atom. The van der Waals surface area contributed by atoms with Crippen LogP contribution < -0.4 is 5.32 Å². The van der Waals surface area contributed by atoms with E-state index in [1.807, 2.05) is 0 Å². The van der Waals surface area contributed by atoms with Gasteiger partial charge in [0.1, 0.15) is 5.82 Å². The second kappa shape index (κ2) is 14.3. The van der Waals surface area contributed by atoms with Crippen LogP contribution >= 0.6 is 0 Å². The van der Waals surface area contributed by atoms with Gasteiger partial charge >= 0.3 is 0 Å². The molecule has 2 fully saturated rings. The van der Waals surface area contributed by atoms with Crippen molar-refractivity contribution in [2.45, 2.75) is 59.8 Å².